The third-order valence-corrected chi connectivity index (χ3v) is 3.28. The smallest absolute Gasteiger partial charge is 0.191 e. The highest BCUT2D eigenvalue weighted by Gasteiger charge is 2.11. The van der Waals surface area contributed by atoms with Crippen LogP contribution in [0.25, 0.3) is 0 Å². The maximum Gasteiger partial charge on any atom is 0.191 e. The number of nitrogens with zero attached hydrogens (tertiary/aromatic N) is 1. The first-order valence-electron chi connectivity index (χ1n) is 7.43. The van der Waals surface area contributed by atoms with Gasteiger partial charge < -0.3 is 15.4 Å². The quantitative estimate of drug-likeness (QED) is 0.600. The lowest BCUT2D eigenvalue weighted by molar-refractivity contribution is 0.111. The van der Waals surface area contributed by atoms with Gasteiger partial charge in [-0.05, 0) is 38.0 Å². The van der Waals surface area contributed by atoms with Crippen LogP contribution in [0.2, 0.25) is 0 Å². The number of ether oxygens (including phenoxy) is 1. The summed E-state index contributed by atoms with van der Waals surface area (Å²) in [5.74, 6) is 0.528. The topological polar surface area (TPSA) is 45.7 Å². The number of hydrogen-bond acceptors (Lipinski definition) is 2. The van der Waals surface area contributed by atoms with Gasteiger partial charge in [-0.25, -0.2) is 4.39 Å². The van der Waals surface area contributed by atoms with Gasteiger partial charge in [0, 0.05) is 19.7 Å². The van der Waals surface area contributed by atoms with Crippen LogP contribution in [-0.4, -0.2) is 32.2 Å². The number of nitrogens with one attached hydrogen (secondary N) is 2. The van der Waals surface area contributed by atoms with E-state index in [0.29, 0.717) is 12.6 Å². The molecule has 0 aromatic heterocycles. The lowest BCUT2D eigenvalue weighted by atomic mass is 10.1. The summed E-state index contributed by atoms with van der Waals surface area (Å²) in [5.41, 5.74) is 0.919. The van der Waals surface area contributed by atoms with Crippen molar-refractivity contribution in [3.63, 3.8) is 0 Å². The highest BCUT2D eigenvalue weighted by molar-refractivity contribution is 5.80. The van der Waals surface area contributed by atoms with Crippen molar-refractivity contribution in [2.24, 2.45) is 4.99 Å². The van der Waals surface area contributed by atoms with E-state index in [1.54, 1.807) is 19.2 Å². The first-order chi connectivity index (χ1) is 10.1. The molecule has 1 aromatic rings. The lowest BCUT2D eigenvalue weighted by Gasteiger charge is -2.18. The molecule has 1 aromatic carbocycles. The molecule has 0 radical (unpaired) electrons. The molecule has 0 spiro atoms. The second-order valence-electron chi connectivity index (χ2n) is 4.95. The van der Waals surface area contributed by atoms with Crippen LogP contribution in [0.3, 0.4) is 0 Å². The van der Waals surface area contributed by atoms with Gasteiger partial charge in [-0.15, -0.1) is 0 Å². The molecule has 1 rings (SSSR count). The molecule has 4 nitrogen and oxygen atoms in total. The summed E-state index contributed by atoms with van der Waals surface area (Å²) in [7, 11) is 1.64. The van der Waals surface area contributed by atoms with E-state index in [2.05, 4.69) is 29.5 Å². The maximum absolute atomic E-state index is 13.0. The van der Waals surface area contributed by atoms with Crippen LogP contribution in [0, 0.1) is 5.82 Å². The molecule has 0 aliphatic carbocycles. The molecule has 21 heavy (non-hydrogen) atoms. The zero-order valence-electron chi connectivity index (χ0n) is 13.3. The third-order valence-electron chi connectivity index (χ3n) is 3.28. The van der Waals surface area contributed by atoms with Crippen molar-refractivity contribution < 1.29 is 9.13 Å². The third kappa shape index (κ3) is 6.12. The standard InChI is InChI=1S/C16H26FN3O/c1-5-12(3)20-16(18-6-2)19-11-15(21-4)13-7-9-14(17)10-8-13/h7-10,12,15H,5-6,11H2,1-4H3,(H2,18,19,20). The number of rotatable bonds is 7. The number of methoxy groups -OCH3 is 1. The van der Waals surface area contributed by atoms with E-state index >= 15 is 0 Å². The van der Waals surface area contributed by atoms with Crippen molar-refractivity contribution in [1.82, 2.24) is 10.6 Å². The van der Waals surface area contributed by atoms with Gasteiger partial charge in [-0.2, -0.15) is 0 Å². The molecule has 0 heterocycles. The summed E-state index contributed by atoms with van der Waals surface area (Å²) < 4.78 is 18.4. The number of guanidine groups is 1. The predicted molar refractivity (Wildman–Crippen MR) is 85.0 cm³/mol. The largest absolute Gasteiger partial charge is 0.375 e. The summed E-state index contributed by atoms with van der Waals surface area (Å²) in [5, 5.41) is 6.54. The van der Waals surface area contributed by atoms with Gasteiger partial charge in [-0.3, -0.25) is 4.99 Å². The van der Waals surface area contributed by atoms with Crippen LogP contribution in [0.5, 0.6) is 0 Å². The average Bonchev–Trinajstić information content (AvgIpc) is 2.49. The Kier molecular flexibility index (Phi) is 7.75. The Morgan fingerprint density at radius 1 is 1.29 bits per heavy atom. The molecular weight excluding hydrogens is 269 g/mol. The van der Waals surface area contributed by atoms with Gasteiger partial charge in [0.25, 0.3) is 0 Å². The van der Waals surface area contributed by atoms with E-state index in [1.165, 1.54) is 12.1 Å². The van der Waals surface area contributed by atoms with Gasteiger partial charge in [-0.1, -0.05) is 19.1 Å². The highest BCUT2D eigenvalue weighted by Crippen LogP contribution is 2.17. The molecule has 5 heteroatoms. The van der Waals surface area contributed by atoms with Gasteiger partial charge in [0.15, 0.2) is 5.96 Å². The molecule has 118 valence electrons. The maximum atomic E-state index is 13.0. The summed E-state index contributed by atoms with van der Waals surface area (Å²) in [6, 6.07) is 6.69. The SMILES string of the molecule is CCNC(=NCC(OC)c1ccc(F)cc1)NC(C)CC. The Bertz CT molecular complexity index is 434. The Balaban J connectivity index is 2.73. The second-order valence-corrected chi connectivity index (χ2v) is 4.95. The number of halogens is 1. The lowest BCUT2D eigenvalue weighted by Crippen LogP contribution is -2.42. The molecule has 0 bridgehead atoms. The van der Waals surface area contributed by atoms with Gasteiger partial charge in [0.2, 0.25) is 0 Å². The fourth-order valence-electron chi connectivity index (χ4n) is 1.82. The van der Waals surface area contributed by atoms with Crippen molar-refractivity contribution >= 4 is 5.96 Å². The van der Waals surface area contributed by atoms with E-state index in [1.807, 2.05) is 6.92 Å². The molecule has 0 fully saturated rings. The Morgan fingerprint density at radius 3 is 2.48 bits per heavy atom. The second kappa shape index (κ2) is 9.34. The van der Waals surface area contributed by atoms with Gasteiger partial charge in [0.1, 0.15) is 11.9 Å². The van der Waals surface area contributed by atoms with Crippen LogP contribution >= 0.6 is 0 Å². The molecule has 2 atom stereocenters. The van der Waals surface area contributed by atoms with Crippen LogP contribution in [0.15, 0.2) is 29.3 Å². The first-order valence-corrected chi connectivity index (χ1v) is 7.43. The molecule has 0 saturated heterocycles. The molecule has 2 unspecified atom stereocenters. The molecule has 0 aliphatic heterocycles. The fraction of sp³-hybridized carbons (Fsp3) is 0.562. The Labute approximate surface area is 126 Å². The van der Waals surface area contributed by atoms with E-state index in [0.717, 1.165) is 24.5 Å². The van der Waals surface area contributed by atoms with Crippen molar-refractivity contribution in [3.8, 4) is 0 Å². The normalized spacial score (nSPS) is 14.6. The number of aliphatic imine (C=N–C) groups is 1. The minimum Gasteiger partial charge on any atom is -0.375 e. The highest BCUT2D eigenvalue weighted by atomic mass is 19.1. The molecule has 0 aliphatic rings. The summed E-state index contributed by atoms with van der Waals surface area (Å²) in [6.45, 7) is 7.55. The zero-order valence-corrected chi connectivity index (χ0v) is 13.3. The van der Waals surface area contributed by atoms with E-state index in [4.69, 9.17) is 4.74 Å². The van der Waals surface area contributed by atoms with E-state index in [9.17, 15) is 4.39 Å². The predicted octanol–water partition coefficient (Wildman–Crippen LogP) is 2.87. The summed E-state index contributed by atoms with van der Waals surface area (Å²) in [4.78, 5) is 4.55. The fourth-order valence-corrected chi connectivity index (χ4v) is 1.82. The van der Waals surface area contributed by atoms with Crippen molar-refractivity contribution in [1.29, 1.82) is 0 Å². The average molecular weight is 295 g/mol. The van der Waals surface area contributed by atoms with Gasteiger partial charge >= 0.3 is 0 Å². The monoisotopic (exact) mass is 295 g/mol. The minimum absolute atomic E-state index is 0.182. The molecular formula is C16H26FN3O. The number of benzene rings is 1. The van der Waals surface area contributed by atoms with Crippen LogP contribution < -0.4 is 10.6 Å². The van der Waals surface area contributed by atoms with Crippen LogP contribution in [0.1, 0.15) is 38.9 Å². The Morgan fingerprint density at radius 2 is 1.95 bits per heavy atom. The summed E-state index contributed by atoms with van der Waals surface area (Å²) >= 11 is 0. The van der Waals surface area contributed by atoms with Crippen molar-refractivity contribution in [2.45, 2.75) is 39.3 Å². The first kappa shape index (κ1) is 17.4. The van der Waals surface area contributed by atoms with E-state index < -0.39 is 0 Å². The number of hydrogen-bond donors (Lipinski definition) is 2. The van der Waals surface area contributed by atoms with Crippen LogP contribution in [-0.2, 0) is 4.74 Å². The van der Waals surface area contributed by atoms with Crippen LogP contribution in [0.4, 0.5) is 4.39 Å². The molecule has 0 saturated carbocycles. The zero-order chi connectivity index (χ0) is 15.7. The molecule has 0 amide bonds. The minimum atomic E-state index is -0.246. The Hall–Kier alpha value is -1.62. The summed E-state index contributed by atoms with van der Waals surface area (Å²) in [6.07, 6.45) is 0.841. The van der Waals surface area contributed by atoms with E-state index in [-0.39, 0.29) is 11.9 Å². The van der Waals surface area contributed by atoms with Crippen molar-refractivity contribution in [3.05, 3.63) is 35.6 Å². The van der Waals surface area contributed by atoms with Gasteiger partial charge in [0.05, 0.1) is 6.54 Å². The van der Waals surface area contributed by atoms with Crippen molar-refractivity contribution in [2.75, 3.05) is 20.2 Å². The molecule has 2 N–H and O–H groups in total.